The molecule has 16 aromatic carbocycles. The lowest BCUT2D eigenvalue weighted by molar-refractivity contribution is -0.107. The molecular formula is C129H128BBr2N11O2. The zero-order valence-corrected chi connectivity index (χ0v) is 90.0. The van der Waals surface area contributed by atoms with Crippen molar-refractivity contribution in [1.29, 1.82) is 0 Å². The van der Waals surface area contributed by atoms with Crippen molar-refractivity contribution in [2.24, 2.45) is 0 Å². The molecule has 4 N–H and O–H groups in total. The lowest BCUT2D eigenvalue weighted by Gasteiger charge is -2.31. The fraction of sp³-hybridized carbons (Fsp3) is 0.178. The molecule has 20 aromatic rings. The van der Waals surface area contributed by atoms with Gasteiger partial charge in [0.1, 0.15) is 24.1 Å². The topological polar surface area (TPSA) is 160 Å². The summed E-state index contributed by atoms with van der Waals surface area (Å²) in [4.78, 5) is 32.9. The molecule has 0 saturated heterocycles. The van der Waals surface area contributed by atoms with E-state index in [-0.39, 0.29) is 0 Å². The molecule has 20 rings (SSSR count). The number of anilines is 7. The van der Waals surface area contributed by atoms with Crippen molar-refractivity contribution < 1.29 is 10.2 Å². The van der Waals surface area contributed by atoms with E-state index < -0.39 is 11.2 Å². The summed E-state index contributed by atoms with van der Waals surface area (Å²) in [6, 6.07) is 123. The molecule has 13 nitrogen and oxygen atoms in total. The van der Waals surface area contributed by atoms with Crippen molar-refractivity contribution in [3.8, 4) is 67.9 Å². The summed E-state index contributed by atoms with van der Waals surface area (Å²) < 4.78 is 6.32. The van der Waals surface area contributed by atoms with Gasteiger partial charge in [-0.2, -0.15) is 0 Å². The Balaban J connectivity index is 0.000000149. The Labute approximate surface area is 875 Å². The van der Waals surface area contributed by atoms with E-state index in [0.717, 1.165) is 129 Å². The first-order valence-corrected chi connectivity index (χ1v) is 50.5. The van der Waals surface area contributed by atoms with Gasteiger partial charge in [-0.05, 0) is 326 Å². The first-order valence-electron chi connectivity index (χ1n) is 48.9. The van der Waals surface area contributed by atoms with Crippen molar-refractivity contribution in [1.82, 2.24) is 39.0 Å². The first-order chi connectivity index (χ1) is 69.4. The molecule has 0 bridgehead atoms. The number of rotatable bonds is 16. The minimum atomic E-state index is -1.01. The molecule has 0 fully saturated rings. The van der Waals surface area contributed by atoms with Gasteiger partial charge in [-0.1, -0.05) is 309 Å². The predicted molar refractivity (Wildman–Crippen MR) is 618 cm³/mol. The average molecular weight is 2040 g/mol. The Morgan fingerprint density at radius 2 is 0.586 bits per heavy atom. The van der Waals surface area contributed by atoms with Crippen LogP contribution in [0.4, 0.5) is 39.8 Å². The highest BCUT2D eigenvalue weighted by Gasteiger charge is 2.32. The number of aryl methyl sites for hydroxylation is 16. The molecule has 0 saturated carbocycles. The van der Waals surface area contributed by atoms with Crippen LogP contribution >= 0.6 is 31.9 Å². The standard InChI is InChI=1S/C45H37N5.C26H24BrN3.C19H13BN2.C17H20.C8H9Br.C8H11N.C6H14O2/c1-30-14-24-42(32(3)26-30)49(43-25-15-31(2)27-33(43)4)38-22-20-35(21-23-38)41-29-46-40(28-47-41)34-16-18-36(19-17-34)45-48-39-12-8-9-13-44(39)50(45)37-10-6-5-7-11-37;1-17-5-11-24(19(3)13-17)30(25-12-6-18(2)14-20(25)4)22-9-7-21(8-10-22)23-15-29-26(27)16-28-23;20-15-12-10-14(11-13-15)19-21-17-8-4-5-9-18(17)22(19)16-6-2-1-3-7-16;1-12-5-7-16(14(3)9-12)11-17-8-6-13(2)10-15(17)4;2*1-6-3-4-8(9)7(2)5-6;1-5(2,7)6(3,4)8/h5-29H,1-4H3;5-16H,1-4H3;1-13H;5-10H,11H2,1-4H3;3-5H,1-2H3;3-5H,9H2,1-2H3;7-8H,1-4H3. The van der Waals surface area contributed by atoms with Crippen LogP contribution in [0.25, 0.3) is 90.0 Å². The average Bonchev–Trinajstić information content (AvgIpc) is 1.61. The number of halogens is 2. The van der Waals surface area contributed by atoms with Gasteiger partial charge >= 0.3 is 0 Å². The largest absolute Gasteiger partial charge is 0.399 e. The zero-order chi connectivity index (χ0) is 104. The maximum Gasteiger partial charge on any atom is 0.145 e. The van der Waals surface area contributed by atoms with Crippen LogP contribution in [0.15, 0.2) is 386 Å². The molecule has 0 aliphatic heterocycles. The van der Waals surface area contributed by atoms with Crippen LogP contribution in [-0.4, -0.2) is 68.3 Å². The summed E-state index contributed by atoms with van der Waals surface area (Å²) in [7, 11) is 5.80. The van der Waals surface area contributed by atoms with Crippen molar-refractivity contribution in [2.45, 2.75) is 156 Å². The minimum Gasteiger partial charge on any atom is -0.399 e. The number of nitrogens with zero attached hydrogens (tertiary/aromatic N) is 10. The minimum absolute atomic E-state index is 0.735. The van der Waals surface area contributed by atoms with Gasteiger partial charge in [-0.25, -0.2) is 15.0 Å². The summed E-state index contributed by atoms with van der Waals surface area (Å²) >= 11 is 6.77. The highest BCUT2D eigenvalue weighted by Crippen LogP contribution is 2.43. The number of aromatic nitrogens is 8. The smallest absolute Gasteiger partial charge is 0.145 e. The molecule has 145 heavy (non-hydrogen) atoms. The maximum absolute atomic E-state index is 9.10. The summed E-state index contributed by atoms with van der Waals surface area (Å²) in [6.07, 6.45) is 8.26. The highest BCUT2D eigenvalue weighted by atomic mass is 79.9. The summed E-state index contributed by atoms with van der Waals surface area (Å²) in [5.74, 6) is 1.83. The van der Waals surface area contributed by atoms with E-state index >= 15 is 0 Å². The van der Waals surface area contributed by atoms with Gasteiger partial charge in [-0.3, -0.25) is 24.1 Å². The molecule has 4 heterocycles. The number of benzene rings is 16. The Hall–Kier alpha value is -15.0. The summed E-state index contributed by atoms with van der Waals surface area (Å²) in [5, 5.41) is 18.2. The molecular weight excluding hydrogens is 1910 g/mol. The van der Waals surface area contributed by atoms with E-state index in [4.69, 9.17) is 43.7 Å². The molecule has 728 valence electrons. The van der Waals surface area contributed by atoms with Crippen molar-refractivity contribution in [3.63, 3.8) is 0 Å². The second-order valence-electron chi connectivity index (χ2n) is 38.6. The number of nitrogens with two attached hydrogens (primary N) is 1. The van der Waals surface area contributed by atoms with E-state index in [0.29, 0.717) is 0 Å². The third-order valence-corrected chi connectivity index (χ3v) is 27.2. The van der Waals surface area contributed by atoms with Gasteiger partial charge < -0.3 is 25.7 Å². The van der Waals surface area contributed by atoms with Crippen molar-refractivity contribution in [3.05, 3.63) is 486 Å². The van der Waals surface area contributed by atoms with Gasteiger partial charge in [-0.15, -0.1) is 0 Å². The van der Waals surface area contributed by atoms with Gasteiger partial charge in [0.2, 0.25) is 0 Å². The van der Waals surface area contributed by atoms with Gasteiger partial charge in [0, 0.05) is 83.5 Å². The molecule has 0 amide bonds. The van der Waals surface area contributed by atoms with E-state index in [2.05, 4.69) is 432 Å². The van der Waals surface area contributed by atoms with Crippen LogP contribution in [0.5, 0.6) is 0 Å². The fourth-order valence-corrected chi connectivity index (χ4v) is 17.6. The second kappa shape index (κ2) is 47.9. The van der Waals surface area contributed by atoms with Crippen LogP contribution in [0.1, 0.15) is 128 Å². The molecule has 0 aliphatic rings. The monoisotopic (exact) mass is 2030 g/mol. The molecule has 0 aliphatic carbocycles. The first kappa shape index (κ1) is 106. The summed E-state index contributed by atoms with van der Waals surface area (Å²) in [6.45, 7) is 40.5. The van der Waals surface area contributed by atoms with E-state index in [1.165, 1.54) is 122 Å². The predicted octanol–water partition coefficient (Wildman–Crippen LogP) is 32.6. The molecule has 0 atom stereocenters. The van der Waals surface area contributed by atoms with Crippen molar-refractivity contribution >= 4 is 107 Å². The molecule has 0 spiro atoms. The third-order valence-electron chi connectivity index (χ3n) is 25.9. The quantitative estimate of drug-likeness (QED) is 0.0624. The molecule has 4 aromatic heterocycles. The Bertz CT molecular complexity index is 7600. The Morgan fingerprint density at radius 3 is 0.897 bits per heavy atom. The highest BCUT2D eigenvalue weighted by molar-refractivity contribution is 9.10. The van der Waals surface area contributed by atoms with Crippen molar-refractivity contribution in [2.75, 3.05) is 15.5 Å². The number of hydrogen-bond donors (Lipinski definition) is 3. The van der Waals surface area contributed by atoms with Crippen LogP contribution in [-0.2, 0) is 6.42 Å². The number of aliphatic hydroxyl groups is 2. The van der Waals surface area contributed by atoms with Crippen LogP contribution in [0, 0.1) is 111 Å². The van der Waals surface area contributed by atoms with E-state index in [9.17, 15) is 0 Å². The van der Waals surface area contributed by atoms with E-state index in [1.807, 2.05) is 104 Å². The number of hydrogen-bond acceptors (Lipinski definition) is 11. The van der Waals surface area contributed by atoms with Gasteiger partial charge in [0.05, 0.1) is 75.1 Å². The maximum atomic E-state index is 9.10. The van der Waals surface area contributed by atoms with E-state index in [1.54, 1.807) is 40.1 Å². The third kappa shape index (κ3) is 27.3. The molecule has 16 heteroatoms. The van der Waals surface area contributed by atoms with Crippen LogP contribution in [0.2, 0.25) is 0 Å². The normalized spacial score (nSPS) is 11.0. The SMILES string of the molecule is CC(C)(O)C(C)(C)O.Cc1ccc(Br)c(C)c1.Cc1ccc(Cc2ccc(C)cc2C)c(C)c1.Cc1ccc(N(c2ccc(-c3cnc(-c4ccc(-c5nc6ccccc6n5-c5ccccc5)cc4)cn3)cc2)c2ccc(C)cc2C)c(C)c1.Cc1ccc(N(c2ccc(-c3cnc(Br)cn3)cc2)c2ccc(C)cc2C)c(C)c1.Cc1ccc(N)c(C)c1.[B]c1ccc(-c2nc3ccccc3n2-c2ccccc2)cc1. The molecule has 0 unspecified atom stereocenters. The van der Waals surface area contributed by atoms with Gasteiger partial charge in [0.25, 0.3) is 0 Å². The number of imidazole rings is 2. The Morgan fingerprint density at radius 1 is 0.297 bits per heavy atom. The lowest BCUT2D eigenvalue weighted by atomic mass is 9.90. The van der Waals surface area contributed by atoms with Crippen LogP contribution < -0.4 is 21.0 Å². The van der Waals surface area contributed by atoms with Crippen LogP contribution in [0.3, 0.4) is 0 Å². The molecule has 2 radical (unpaired) electrons. The zero-order valence-electron chi connectivity index (χ0n) is 86.8. The summed E-state index contributed by atoms with van der Waals surface area (Å²) in [5.41, 5.74) is 49.5. The lowest BCUT2D eigenvalue weighted by Crippen LogP contribution is -2.44. The fourth-order valence-electron chi connectivity index (χ4n) is 17.1. The van der Waals surface area contributed by atoms with Gasteiger partial charge in [0.15, 0.2) is 0 Å². The number of para-hydroxylation sites is 6. The Kier molecular flexibility index (Phi) is 34.9. The number of fused-ring (bicyclic) bond motifs is 2. The second-order valence-corrected chi connectivity index (χ2v) is 40.3. The number of nitrogen functional groups attached to an aromatic ring is 1.